The maximum absolute atomic E-state index is 11.2. The molecule has 0 amide bonds. The molecule has 6 heteroatoms. The lowest BCUT2D eigenvalue weighted by Gasteiger charge is -2.14. The number of carbonyl (C=O) groups is 1. The average molecular weight is 247 g/mol. The summed E-state index contributed by atoms with van der Waals surface area (Å²) in [5.41, 5.74) is 0. The second-order valence-corrected chi connectivity index (χ2v) is 5.39. The molecule has 1 fully saturated rings. The summed E-state index contributed by atoms with van der Waals surface area (Å²) >= 11 is 16.3. The van der Waals surface area contributed by atoms with Gasteiger partial charge >= 0.3 is 5.97 Å². The number of carbonyl (C=O) groups excluding carboxylic acids is 1. The van der Waals surface area contributed by atoms with Gasteiger partial charge in [-0.3, -0.25) is 4.79 Å². The highest BCUT2D eigenvalue weighted by Crippen LogP contribution is 2.26. The van der Waals surface area contributed by atoms with Crippen LogP contribution in [0.1, 0.15) is 12.8 Å². The molecule has 76 valence electrons. The Morgan fingerprint density at radius 3 is 2.69 bits per heavy atom. The van der Waals surface area contributed by atoms with Crippen LogP contribution in [0.25, 0.3) is 0 Å². The molecular weight excluding hydrogens is 236 g/mol. The maximum atomic E-state index is 11.2. The molecule has 1 saturated heterocycles. The van der Waals surface area contributed by atoms with Crippen LogP contribution in [0.15, 0.2) is 0 Å². The fourth-order valence-corrected chi connectivity index (χ4v) is 1.30. The van der Waals surface area contributed by atoms with E-state index in [1.165, 1.54) is 0 Å². The fourth-order valence-electron chi connectivity index (χ4n) is 1.14. The SMILES string of the molecule is O=C(OCC(Cl)(Cl)Cl)[C@@H]1CCCN1. The predicted molar refractivity (Wildman–Crippen MR) is 52.3 cm³/mol. The Labute approximate surface area is 91.7 Å². The third kappa shape index (κ3) is 4.36. The molecule has 1 aliphatic rings. The zero-order valence-electron chi connectivity index (χ0n) is 6.86. The van der Waals surface area contributed by atoms with Crippen molar-refractivity contribution in [3.8, 4) is 0 Å². The van der Waals surface area contributed by atoms with Gasteiger partial charge in [-0.1, -0.05) is 34.8 Å². The van der Waals surface area contributed by atoms with Crippen LogP contribution >= 0.6 is 34.8 Å². The third-order valence-electron chi connectivity index (χ3n) is 1.72. The summed E-state index contributed by atoms with van der Waals surface area (Å²) in [6.07, 6.45) is 1.77. The van der Waals surface area contributed by atoms with Gasteiger partial charge in [0, 0.05) is 0 Å². The second kappa shape index (κ2) is 4.69. The van der Waals surface area contributed by atoms with Crippen LogP contribution in [-0.2, 0) is 9.53 Å². The van der Waals surface area contributed by atoms with Crippen LogP contribution < -0.4 is 5.32 Å². The van der Waals surface area contributed by atoms with E-state index in [1.807, 2.05) is 0 Å². The molecule has 0 aromatic heterocycles. The van der Waals surface area contributed by atoms with E-state index in [2.05, 4.69) is 5.32 Å². The van der Waals surface area contributed by atoms with Gasteiger partial charge in [0.25, 0.3) is 0 Å². The number of halogens is 3. The fraction of sp³-hybridized carbons (Fsp3) is 0.857. The lowest BCUT2D eigenvalue weighted by Crippen LogP contribution is -2.34. The molecule has 1 aliphatic heterocycles. The summed E-state index contributed by atoms with van der Waals surface area (Å²) in [6.45, 7) is 0.641. The Bertz CT molecular complexity index is 187. The number of alkyl halides is 3. The van der Waals surface area contributed by atoms with E-state index in [0.717, 1.165) is 19.4 Å². The minimum atomic E-state index is -1.52. The van der Waals surface area contributed by atoms with Crippen molar-refractivity contribution in [3.63, 3.8) is 0 Å². The van der Waals surface area contributed by atoms with Crippen LogP contribution in [-0.4, -0.2) is 29.0 Å². The topological polar surface area (TPSA) is 38.3 Å². The first-order valence-corrected chi connectivity index (χ1v) is 5.09. The van der Waals surface area contributed by atoms with Crippen molar-refractivity contribution in [1.82, 2.24) is 5.32 Å². The summed E-state index contributed by atoms with van der Waals surface area (Å²) < 4.78 is 3.27. The van der Waals surface area contributed by atoms with Crippen LogP contribution in [0.3, 0.4) is 0 Å². The Hall–Kier alpha value is 0.300. The normalized spacial score (nSPS) is 23.2. The number of nitrogens with one attached hydrogen (secondary N) is 1. The predicted octanol–water partition coefficient (Wildman–Crippen LogP) is 1.65. The number of rotatable bonds is 2. The van der Waals surface area contributed by atoms with Crippen molar-refractivity contribution in [3.05, 3.63) is 0 Å². The van der Waals surface area contributed by atoms with E-state index < -0.39 is 3.79 Å². The van der Waals surface area contributed by atoms with E-state index in [1.54, 1.807) is 0 Å². The number of esters is 1. The molecule has 0 aromatic rings. The molecule has 0 saturated carbocycles. The smallest absolute Gasteiger partial charge is 0.323 e. The quantitative estimate of drug-likeness (QED) is 0.595. The molecule has 1 N–H and O–H groups in total. The highest BCUT2D eigenvalue weighted by Gasteiger charge is 2.27. The monoisotopic (exact) mass is 245 g/mol. The lowest BCUT2D eigenvalue weighted by atomic mass is 10.2. The molecule has 13 heavy (non-hydrogen) atoms. The van der Waals surface area contributed by atoms with Gasteiger partial charge in [0.15, 0.2) is 0 Å². The Kier molecular flexibility index (Phi) is 4.10. The number of hydrogen-bond donors (Lipinski definition) is 1. The molecule has 0 aliphatic carbocycles. The highest BCUT2D eigenvalue weighted by atomic mass is 35.6. The van der Waals surface area contributed by atoms with Gasteiger partial charge in [-0.15, -0.1) is 0 Å². The van der Waals surface area contributed by atoms with E-state index in [9.17, 15) is 4.79 Å². The standard InChI is InChI=1S/C7H10Cl3NO2/c8-7(9,10)4-13-6(12)5-2-1-3-11-5/h5,11H,1-4H2/t5-/m0/s1. The number of ether oxygens (including phenoxy) is 1. The molecule has 0 unspecified atom stereocenters. The summed E-state index contributed by atoms with van der Waals surface area (Å²) in [4.78, 5) is 11.2. The molecule has 0 radical (unpaired) electrons. The third-order valence-corrected chi connectivity index (χ3v) is 2.05. The number of hydrogen-bond acceptors (Lipinski definition) is 3. The van der Waals surface area contributed by atoms with Gasteiger partial charge in [-0.25, -0.2) is 0 Å². The average Bonchev–Trinajstić information content (AvgIpc) is 2.50. The zero-order valence-corrected chi connectivity index (χ0v) is 9.12. The van der Waals surface area contributed by atoms with Gasteiger partial charge < -0.3 is 10.1 Å². The van der Waals surface area contributed by atoms with E-state index >= 15 is 0 Å². The van der Waals surface area contributed by atoms with E-state index in [-0.39, 0.29) is 18.6 Å². The zero-order chi connectivity index (χ0) is 9.90. The summed E-state index contributed by atoms with van der Waals surface area (Å²) in [7, 11) is 0. The molecule has 1 atom stereocenters. The van der Waals surface area contributed by atoms with Gasteiger partial charge in [0.05, 0.1) is 0 Å². The van der Waals surface area contributed by atoms with Crippen molar-refractivity contribution in [1.29, 1.82) is 0 Å². The first kappa shape index (κ1) is 11.4. The minimum absolute atomic E-state index is 0.200. The van der Waals surface area contributed by atoms with Crippen molar-refractivity contribution >= 4 is 40.8 Å². The van der Waals surface area contributed by atoms with Crippen molar-refractivity contribution < 1.29 is 9.53 Å². The van der Waals surface area contributed by atoms with Gasteiger partial charge in [-0.2, -0.15) is 0 Å². The first-order valence-electron chi connectivity index (χ1n) is 3.96. The molecule has 0 spiro atoms. The highest BCUT2D eigenvalue weighted by molar-refractivity contribution is 6.67. The molecule has 1 heterocycles. The van der Waals surface area contributed by atoms with Crippen molar-refractivity contribution in [2.24, 2.45) is 0 Å². The molecule has 0 aromatic carbocycles. The molecule has 0 bridgehead atoms. The summed E-state index contributed by atoms with van der Waals surface area (Å²) in [6, 6.07) is -0.229. The van der Waals surface area contributed by atoms with Gasteiger partial charge in [0.2, 0.25) is 3.79 Å². The Morgan fingerprint density at radius 1 is 1.54 bits per heavy atom. The maximum Gasteiger partial charge on any atom is 0.323 e. The first-order chi connectivity index (χ1) is 5.99. The van der Waals surface area contributed by atoms with Crippen LogP contribution in [0.4, 0.5) is 0 Å². The van der Waals surface area contributed by atoms with Crippen molar-refractivity contribution in [2.45, 2.75) is 22.7 Å². The van der Waals surface area contributed by atoms with Crippen LogP contribution in [0.2, 0.25) is 0 Å². The van der Waals surface area contributed by atoms with Gasteiger partial charge in [-0.05, 0) is 19.4 Å². The van der Waals surface area contributed by atoms with Gasteiger partial charge in [0.1, 0.15) is 12.6 Å². The summed E-state index contributed by atoms with van der Waals surface area (Å²) in [5.74, 6) is -0.344. The Morgan fingerprint density at radius 2 is 2.23 bits per heavy atom. The van der Waals surface area contributed by atoms with E-state index in [4.69, 9.17) is 39.5 Å². The van der Waals surface area contributed by atoms with Crippen molar-refractivity contribution in [2.75, 3.05) is 13.2 Å². The largest absolute Gasteiger partial charge is 0.460 e. The second-order valence-electron chi connectivity index (χ2n) is 2.87. The molecule has 3 nitrogen and oxygen atoms in total. The lowest BCUT2D eigenvalue weighted by molar-refractivity contribution is -0.145. The van der Waals surface area contributed by atoms with E-state index in [0.29, 0.717) is 0 Å². The molecule has 1 rings (SSSR count). The molecular formula is C7H10Cl3NO2. The van der Waals surface area contributed by atoms with Crippen LogP contribution in [0.5, 0.6) is 0 Å². The Balaban J connectivity index is 2.25. The summed E-state index contributed by atoms with van der Waals surface area (Å²) in [5, 5.41) is 2.99. The van der Waals surface area contributed by atoms with Crippen LogP contribution in [0, 0.1) is 0 Å². The minimum Gasteiger partial charge on any atom is -0.460 e.